The molecule has 0 radical (unpaired) electrons. The lowest BCUT2D eigenvalue weighted by Gasteiger charge is -2.03. The molecule has 0 aliphatic rings. The number of aliphatic carboxylic acids is 1. The van der Waals surface area contributed by atoms with E-state index in [4.69, 9.17) is 20.4 Å². The van der Waals surface area contributed by atoms with Crippen molar-refractivity contribution in [1.82, 2.24) is 4.98 Å². The summed E-state index contributed by atoms with van der Waals surface area (Å²) in [4.78, 5) is 16.0. The number of oxazole rings is 1. The van der Waals surface area contributed by atoms with Crippen LogP contribution in [0.2, 0.25) is 5.02 Å². The van der Waals surface area contributed by atoms with E-state index in [9.17, 15) is 9.90 Å². The SMILES string of the molecule is Cc1ccc(Cl)cc1-c1ccc(/C=C(\Sc2nc3ccccc3o2)C(=O)O)o1. The first-order valence-electron chi connectivity index (χ1n) is 8.34. The van der Waals surface area contributed by atoms with E-state index in [1.165, 1.54) is 6.08 Å². The van der Waals surface area contributed by atoms with E-state index < -0.39 is 5.97 Å². The van der Waals surface area contributed by atoms with Gasteiger partial charge in [0.1, 0.15) is 21.9 Å². The number of carboxylic acid groups (broad SMARTS) is 1. The van der Waals surface area contributed by atoms with Gasteiger partial charge in [-0.3, -0.25) is 0 Å². The van der Waals surface area contributed by atoms with Gasteiger partial charge in [-0.25, -0.2) is 9.78 Å². The summed E-state index contributed by atoms with van der Waals surface area (Å²) in [5.74, 6) is -0.0672. The topological polar surface area (TPSA) is 76.5 Å². The summed E-state index contributed by atoms with van der Waals surface area (Å²) in [6.07, 6.45) is 1.45. The number of furan rings is 1. The largest absolute Gasteiger partial charge is 0.477 e. The molecule has 0 atom stereocenters. The number of carbonyl (C=O) groups is 1. The van der Waals surface area contributed by atoms with Gasteiger partial charge in [0.25, 0.3) is 5.22 Å². The van der Waals surface area contributed by atoms with Crippen LogP contribution in [0.4, 0.5) is 0 Å². The van der Waals surface area contributed by atoms with E-state index in [0.717, 1.165) is 22.9 Å². The lowest BCUT2D eigenvalue weighted by atomic mass is 10.1. The number of aryl methyl sites for hydroxylation is 1. The van der Waals surface area contributed by atoms with Crippen LogP contribution in [0, 0.1) is 6.92 Å². The number of hydrogen-bond donors (Lipinski definition) is 1. The molecule has 7 heteroatoms. The van der Waals surface area contributed by atoms with Gasteiger partial charge in [0.15, 0.2) is 5.58 Å². The first-order valence-corrected chi connectivity index (χ1v) is 9.54. The van der Waals surface area contributed by atoms with Crippen LogP contribution in [0.25, 0.3) is 28.5 Å². The van der Waals surface area contributed by atoms with Crippen molar-refractivity contribution in [3.63, 3.8) is 0 Å². The Morgan fingerprint density at radius 2 is 1.96 bits per heavy atom. The zero-order valence-corrected chi connectivity index (χ0v) is 16.3. The van der Waals surface area contributed by atoms with E-state index >= 15 is 0 Å². The molecule has 0 amide bonds. The molecule has 2 aromatic heterocycles. The van der Waals surface area contributed by atoms with E-state index in [2.05, 4.69) is 4.98 Å². The minimum atomic E-state index is -1.09. The normalized spacial score (nSPS) is 11.9. The molecule has 0 saturated carbocycles. The fourth-order valence-electron chi connectivity index (χ4n) is 2.69. The standard InChI is InChI=1S/C21H14ClNO4S/c1-12-6-7-13(22)10-15(12)17-9-8-14(26-17)11-19(20(24)25)28-21-23-16-4-2-3-5-18(16)27-21/h2-11H,1H3,(H,24,25)/b19-11-. The average molecular weight is 412 g/mol. The first-order chi connectivity index (χ1) is 13.5. The Labute approximate surface area is 169 Å². The molecule has 0 spiro atoms. The number of hydrogen-bond acceptors (Lipinski definition) is 5. The summed E-state index contributed by atoms with van der Waals surface area (Å²) >= 11 is 7.00. The zero-order valence-electron chi connectivity index (χ0n) is 14.7. The van der Waals surface area contributed by atoms with Gasteiger partial charge in [0.05, 0.1) is 0 Å². The van der Waals surface area contributed by atoms with E-state index in [0.29, 0.717) is 27.6 Å². The zero-order chi connectivity index (χ0) is 19.7. The van der Waals surface area contributed by atoms with Gasteiger partial charge < -0.3 is 13.9 Å². The van der Waals surface area contributed by atoms with Crippen LogP contribution in [0.1, 0.15) is 11.3 Å². The minimum absolute atomic E-state index is 0.0373. The lowest BCUT2D eigenvalue weighted by molar-refractivity contribution is -0.131. The Balaban J connectivity index is 1.64. The Kier molecular flexibility index (Phi) is 4.98. The summed E-state index contributed by atoms with van der Waals surface area (Å²) in [6, 6.07) is 16.3. The summed E-state index contributed by atoms with van der Waals surface area (Å²) < 4.78 is 11.4. The molecule has 28 heavy (non-hydrogen) atoms. The monoisotopic (exact) mass is 411 g/mol. The Morgan fingerprint density at radius 3 is 2.75 bits per heavy atom. The van der Waals surface area contributed by atoms with Gasteiger partial charge >= 0.3 is 5.97 Å². The highest BCUT2D eigenvalue weighted by molar-refractivity contribution is 8.03. The molecule has 0 bridgehead atoms. The van der Waals surface area contributed by atoms with Gasteiger partial charge in [0.2, 0.25) is 0 Å². The van der Waals surface area contributed by atoms with Crippen LogP contribution >= 0.6 is 23.4 Å². The Hall–Kier alpha value is -2.96. The fraction of sp³-hybridized carbons (Fsp3) is 0.0476. The van der Waals surface area contributed by atoms with Crippen molar-refractivity contribution >= 4 is 46.5 Å². The average Bonchev–Trinajstić information content (AvgIpc) is 3.29. The van der Waals surface area contributed by atoms with Crippen molar-refractivity contribution in [1.29, 1.82) is 0 Å². The van der Waals surface area contributed by atoms with Crippen molar-refractivity contribution in [3.8, 4) is 11.3 Å². The summed E-state index contributed by atoms with van der Waals surface area (Å²) in [7, 11) is 0. The number of carboxylic acids is 1. The molecule has 140 valence electrons. The van der Waals surface area contributed by atoms with Gasteiger partial charge in [-0.05, 0) is 60.6 Å². The molecule has 4 rings (SSSR count). The van der Waals surface area contributed by atoms with Crippen LogP contribution in [-0.4, -0.2) is 16.1 Å². The summed E-state index contributed by atoms with van der Waals surface area (Å²) in [5.41, 5.74) is 3.14. The van der Waals surface area contributed by atoms with Crippen LogP contribution in [0.3, 0.4) is 0 Å². The number of fused-ring (bicyclic) bond motifs is 1. The van der Waals surface area contributed by atoms with E-state index in [1.807, 2.05) is 37.3 Å². The number of thioether (sulfide) groups is 1. The molecule has 4 aromatic rings. The fourth-order valence-corrected chi connectivity index (χ4v) is 3.59. The van der Waals surface area contributed by atoms with Gasteiger partial charge in [-0.2, -0.15) is 0 Å². The molecule has 0 aliphatic heterocycles. The molecule has 2 heterocycles. The van der Waals surface area contributed by atoms with Crippen LogP contribution in [-0.2, 0) is 4.79 Å². The molecule has 0 aliphatic carbocycles. The highest BCUT2D eigenvalue weighted by atomic mass is 35.5. The number of benzene rings is 2. The maximum Gasteiger partial charge on any atom is 0.342 e. The quantitative estimate of drug-likeness (QED) is 0.308. The third kappa shape index (κ3) is 3.83. The predicted molar refractivity (Wildman–Crippen MR) is 109 cm³/mol. The lowest BCUT2D eigenvalue weighted by Crippen LogP contribution is -1.96. The number of para-hydroxylation sites is 2. The number of rotatable bonds is 5. The summed E-state index contributed by atoms with van der Waals surface area (Å²) in [6.45, 7) is 1.95. The maximum absolute atomic E-state index is 11.7. The Morgan fingerprint density at radius 1 is 1.14 bits per heavy atom. The molecule has 0 saturated heterocycles. The van der Waals surface area contributed by atoms with Gasteiger partial charge in [-0.1, -0.05) is 29.8 Å². The smallest absolute Gasteiger partial charge is 0.342 e. The molecule has 2 aromatic carbocycles. The Bertz CT molecular complexity index is 1180. The second-order valence-electron chi connectivity index (χ2n) is 6.02. The number of halogens is 1. The third-order valence-electron chi connectivity index (χ3n) is 4.05. The molecule has 5 nitrogen and oxygen atoms in total. The second-order valence-corrected chi connectivity index (χ2v) is 7.45. The number of aromatic nitrogens is 1. The highest BCUT2D eigenvalue weighted by Gasteiger charge is 2.16. The molecular formula is C21H14ClNO4S. The van der Waals surface area contributed by atoms with Gasteiger partial charge in [0, 0.05) is 16.7 Å². The second kappa shape index (κ2) is 7.58. The number of nitrogens with zero attached hydrogens (tertiary/aromatic N) is 1. The summed E-state index contributed by atoms with van der Waals surface area (Å²) in [5, 5.41) is 10.4. The van der Waals surface area contributed by atoms with Crippen LogP contribution in [0.5, 0.6) is 0 Å². The molecular weight excluding hydrogens is 398 g/mol. The van der Waals surface area contributed by atoms with Crippen LogP contribution in [0.15, 0.2) is 73.6 Å². The van der Waals surface area contributed by atoms with Crippen LogP contribution < -0.4 is 0 Å². The predicted octanol–water partition coefficient (Wildman–Crippen LogP) is 6.27. The van der Waals surface area contributed by atoms with E-state index in [1.54, 1.807) is 24.3 Å². The van der Waals surface area contributed by atoms with Crippen molar-refractivity contribution in [2.24, 2.45) is 0 Å². The molecule has 0 unspecified atom stereocenters. The highest BCUT2D eigenvalue weighted by Crippen LogP contribution is 2.33. The maximum atomic E-state index is 11.7. The van der Waals surface area contributed by atoms with Crippen molar-refractivity contribution in [2.45, 2.75) is 12.1 Å². The first kappa shape index (κ1) is 18.4. The minimum Gasteiger partial charge on any atom is -0.477 e. The van der Waals surface area contributed by atoms with Crippen molar-refractivity contribution in [3.05, 3.63) is 75.8 Å². The van der Waals surface area contributed by atoms with E-state index in [-0.39, 0.29) is 10.1 Å². The van der Waals surface area contributed by atoms with Crippen molar-refractivity contribution < 1.29 is 18.7 Å². The third-order valence-corrected chi connectivity index (χ3v) is 5.14. The van der Waals surface area contributed by atoms with Gasteiger partial charge in [-0.15, -0.1) is 0 Å². The molecule has 0 fully saturated rings. The van der Waals surface area contributed by atoms with Crippen molar-refractivity contribution in [2.75, 3.05) is 0 Å². The molecule has 1 N–H and O–H groups in total.